The molecule has 0 saturated carbocycles. The summed E-state index contributed by atoms with van der Waals surface area (Å²) >= 11 is 0. The minimum absolute atomic E-state index is 0.189. The topological polar surface area (TPSA) is 149 Å². The van der Waals surface area contributed by atoms with Gasteiger partial charge in [-0.1, -0.05) is 242 Å². The monoisotopic (exact) mass is 960 g/mol. The highest BCUT2D eigenvalue weighted by Crippen LogP contribution is 2.23. The van der Waals surface area contributed by atoms with E-state index in [-0.39, 0.29) is 12.5 Å². The first-order valence-electron chi connectivity index (χ1n) is 28.9. The summed E-state index contributed by atoms with van der Waals surface area (Å²) in [7, 11) is 0. The minimum atomic E-state index is -1.57. The Morgan fingerprint density at radius 2 is 0.853 bits per heavy atom. The lowest BCUT2D eigenvalue weighted by molar-refractivity contribution is -0.302. The zero-order chi connectivity index (χ0) is 49.4. The van der Waals surface area contributed by atoms with Gasteiger partial charge in [0.15, 0.2) is 6.29 Å². The van der Waals surface area contributed by atoms with Gasteiger partial charge in [-0.05, 0) is 64.2 Å². The number of ether oxygens (including phenoxy) is 2. The molecule has 68 heavy (non-hydrogen) atoms. The number of hydrogen-bond donors (Lipinski definition) is 6. The fourth-order valence-electron chi connectivity index (χ4n) is 8.99. The van der Waals surface area contributed by atoms with Crippen LogP contribution in [0.4, 0.5) is 0 Å². The summed E-state index contributed by atoms with van der Waals surface area (Å²) in [5.74, 6) is -0.189. The normalized spacial score (nSPS) is 19.9. The van der Waals surface area contributed by atoms with Crippen molar-refractivity contribution in [2.45, 2.75) is 307 Å². The van der Waals surface area contributed by atoms with Crippen LogP contribution in [-0.4, -0.2) is 87.5 Å². The van der Waals surface area contributed by atoms with E-state index in [0.29, 0.717) is 6.42 Å². The number of aliphatic hydroxyl groups is 5. The van der Waals surface area contributed by atoms with Gasteiger partial charge in [-0.25, -0.2) is 0 Å². The highest BCUT2D eigenvalue weighted by Gasteiger charge is 2.44. The number of amides is 1. The SMILES string of the molecule is CCCC/C=C/CC/C=C/CC/C=C/C(O)C(COC1OC(CO)C(O)C(O)C1O)NC(=O)CCCCCCCCCCCCCCCCCCCCCCC/C=C\CCCCCCCCCC. The molecule has 0 radical (unpaired) electrons. The Bertz CT molecular complexity index is 1210. The third-order valence-corrected chi connectivity index (χ3v) is 13.6. The van der Waals surface area contributed by atoms with E-state index >= 15 is 0 Å². The Morgan fingerprint density at radius 1 is 0.485 bits per heavy atom. The molecule has 1 fully saturated rings. The van der Waals surface area contributed by atoms with Crippen LogP contribution in [0.1, 0.15) is 264 Å². The van der Waals surface area contributed by atoms with Gasteiger partial charge in [0.2, 0.25) is 5.91 Å². The molecule has 7 unspecified atom stereocenters. The predicted octanol–water partition coefficient (Wildman–Crippen LogP) is 14.1. The molecule has 1 rings (SSSR count). The molecule has 0 aromatic heterocycles. The van der Waals surface area contributed by atoms with Crippen molar-refractivity contribution in [1.82, 2.24) is 5.32 Å². The fraction of sp³-hybridized carbons (Fsp3) is 0.847. The molecule has 1 amide bonds. The van der Waals surface area contributed by atoms with Crippen molar-refractivity contribution in [2.24, 2.45) is 0 Å². The zero-order valence-electron chi connectivity index (χ0n) is 44.1. The second kappa shape index (κ2) is 48.8. The van der Waals surface area contributed by atoms with E-state index in [2.05, 4.69) is 55.6 Å². The molecule has 9 nitrogen and oxygen atoms in total. The Morgan fingerprint density at radius 3 is 1.28 bits per heavy atom. The van der Waals surface area contributed by atoms with Crippen molar-refractivity contribution in [2.75, 3.05) is 13.2 Å². The predicted molar refractivity (Wildman–Crippen MR) is 286 cm³/mol. The van der Waals surface area contributed by atoms with Crippen LogP contribution >= 0.6 is 0 Å². The molecule has 1 heterocycles. The van der Waals surface area contributed by atoms with Gasteiger partial charge in [0.25, 0.3) is 0 Å². The van der Waals surface area contributed by atoms with E-state index < -0.39 is 49.5 Å². The van der Waals surface area contributed by atoms with Crippen molar-refractivity contribution < 1.29 is 39.8 Å². The van der Waals surface area contributed by atoms with Crippen LogP contribution in [0.3, 0.4) is 0 Å². The minimum Gasteiger partial charge on any atom is -0.394 e. The van der Waals surface area contributed by atoms with Gasteiger partial charge < -0.3 is 40.3 Å². The maximum absolute atomic E-state index is 13.0. The van der Waals surface area contributed by atoms with Crippen LogP contribution in [0, 0.1) is 0 Å². The standard InChI is InChI=1S/C59H109NO8/c1-3-5-7-9-11-13-15-17-18-19-20-21-22-23-24-25-26-27-28-29-30-31-32-33-34-35-36-37-39-41-43-45-47-49-55(63)60-52(51-67-59-58(66)57(65)56(64)54(50-61)68-59)53(62)48-46-44-42-40-38-16-14-12-10-8-6-4-2/h10,12,19-20,38,40,46,48,52-54,56-59,61-62,64-66H,3-9,11,13-18,21-37,39,41-45,47,49-51H2,1-2H3,(H,60,63)/b12-10+,20-19-,40-38+,48-46+. The van der Waals surface area contributed by atoms with Crippen molar-refractivity contribution in [3.63, 3.8) is 0 Å². The van der Waals surface area contributed by atoms with Crippen LogP contribution < -0.4 is 5.32 Å². The van der Waals surface area contributed by atoms with E-state index in [1.165, 1.54) is 193 Å². The largest absolute Gasteiger partial charge is 0.394 e. The number of nitrogens with one attached hydrogen (secondary N) is 1. The summed E-state index contributed by atoms with van der Waals surface area (Å²) in [5.41, 5.74) is 0. The number of carbonyl (C=O) groups excluding carboxylic acids is 1. The summed E-state index contributed by atoms with van der Waals surface area (Å²) < 4.78 is 11.2. The van der Waals surface area contributed by atoms with E-state index in [0.717, 1.165) is 51.4 Å². The van der Waals surface area contributed by atoms with E-state index in [1.54, 1.807) is 6.08 Å². The number of unbranched alkanes of at least 4 members (excludes halogenated alkanes) is 33. The molecule has 0 spiro atoms. The molecule has 6 N–H and O–H groups in total. The lowest BCUT2D eigenvalue weighted by Crippen LogP contribution is -2.60. The summed E-state index contributed by atoms with van der Waals surface area (Å²) in [6.07, 6.45) is 57.8. The van der Waals surface area contributed by atoms with Crippen LogP contribution in [0.2, 0.25) is 0 Å². The highest BCUT2D eigenvalue weighted by atomic mass is 16.7. The lowest BCUT2D eigenvalue weighted by atomic mass is 9.99. The molecule has 1 saturated heterocycles. The van der Waals surface area contributed by atoms with Crippen LogP contribution in [0.15, 0.2) is 48.6 Å². The number of aliphatic hydroxyl groups excluding tert-OH is 5. The summed E-state index contributed by atoms with van der Waals surface area (Å²) in [6.45, 7) is 3.71. The maximum Gasteiger partial charge on any atom is 0.220 e. The average Bonchev–Trinajstić information content (AvgIpc) is 3.34. The molecule has 398 valence electrons. The molecule has 0 aromatic carbocycles. The second-order valence-electron chi connectivity index (χ2n) is 20.1. The first kappa shape index (κ1) is 64.2. The van der Waals surface area contributed by atoms with E-state index in [4.69, 9.17) is 9.47 Å². The van der Waals surface area contributed by atoms with Crippen molar-refractivity contribution in [3.05, 3.63) is 48.6 Å². The van der Waals surface area contributed by atoms with Crippen molar-refractivity contribution in [3.8, 4) is 0 Å². The van der Waals surface area contributed by atoms with Gasteiger partial charge in [0.1, 0.15) is 24.4 Å². The van der Waals surface area contributed by atoms with Gasteiger partial charge in [-0.3, -0.25) is 4.79 Å². The van der Waals surface area contributed by atoms with Gasteiger partial charge in [-0.15, -0.1) is 0 Å². The number of allylic oxidation sites excluding steroid dienone is 7. The summed E-state index contributed by atoms with van der Waals surface area (Å²) in [6, 6.07) is -0.826. The van der Waals surface area contributed by atoms with Gasteiger partial charge in [0.05, 0.1) is 25.4 Å². The quantitative estimate of drug-likeness (QED) is 0.0261. The number of rotatable bonds is 49. The summed E-state index contributed by atoms with van der Waals surface area (Å²) in [4.78, 5) is 13.0. The Labute approximate surface area is 418 Å². The molecule has 0 aromatic rings. The van der Waals surface area contributed by atoms with E-state index in [9.17, 15) is 30.3 Å². The molecule has 0 aliphatic carbocycles. The maximum atomic E-state index is 13.0. The third-order valence-electron chi connectivity index (χ3n) is 13.6. The van der Waals surface area contributed by atoms with Crippen molar-refractivity contribution in [1.29, 1.82) is 0 Å². The van der Waals surface area contributed by atoms with Crippen molar-refractivity contribution >= 4 is 5.91 Å². The van der Waals surface area contributed by atoms with Crippen LogP contribution in [-0.2, 0) is 14.3 Å². The first-order valence-corrected chi connectivity index (χ1v) is 28.9. The highest BCUT2D eigenvalue weighted by molar-refractivity contribution is 5.76. The third kappa shape index (κ3) is 37.9. The fourth-order valence-corrected chi connectivity index (χ4v) is 8.99. The molecule has 1 aliphatic rings. The Balaban J connectivity index is 2.10. The van der Waals surface area contributed by atoms with Gasteiger partial charge in [-0.2, -0.15) is 0 Å². The smallest absolute Gasteiger partial charge is 0.220 e. The molecular weight excluding hydrogens is 851 g/mol. The molecular formula is C59H109NO8. The summed E-state index contributed by atoms with van der Waals surface area (Å²) in [5, 5.41) is 54.3. The molecule has 7 atom stereocenters. The second-order valence-corrected chi connectivity index (χ2v) is 20.1. The number of hydrogen-bond acceptors (Lipinski definition) is 8. The Kier molecular flexibility index (Phi) is 46.0. The lowest BCUT2D eigenvalue weighted by Gasteiger charge is -2.40. The number of carbonyl (C=O) groups is 1. The molecule has 1 aliphatic heterocycles. The van der Waals surface area contributed by atoms with Crippen LogP contribution in [0.25, 0.3) is 0 Å². The zero-order valence-corrected chi connectivity index (χ0v) is 44.1. The van der Waals surface area contributed by atoms with E-state index in [1.807, 2.05) is 6.08 Å². The first-order chi connectivity index (χ1) is 33.3. The van der Waals surface area contributed by atoms with Gasteiger partial charge >= 0.3 is 0 Å². The van der Waals surface area contributed by atoms with Gasteiger partial charge in [0, 0.05) is 6.42 Å². The average molecular weight is 961 g/mol. The van der Waals surface area contributed by atoms with Crippen LogP contribution in [0.5, 0.6) is 0 Å². The molecule has 0 bridgehead atoms. The molecule has 9 heteroatoms. The Hall–Kier alpha value is -1.85.